The van der Waals surface area contributed by atoms with E-state index in [4.69, 9.17) is 10.5 Å². The van der Waals surface area contributed by atoms with Crippen LogP contribution in [0.25, 0.3) is 0 Å². The van der Waals surface area contributed by atoms with Crippen LogP contribution >= 0.6 is 0 Å². The molecular weight excluding hydrogens is 243 g/mol. The summed E-state index contributed by atoms with van der Waals surface area (Å²) >= 11 is 0. The van der Waals surface area contributed by atoms with Crippen LogP contribution in [-0.2, 0) is 4.74 Å². The molecule has 1 fully saturated rings. The molecule has 0 aromatic heterocycles. The number of anilines is 1. The molecule has 19 heavy (non-hydrogen) atoms. The first-order valence-corrected chi connectivity index (χ1v) is 6.90. The summed E-state index contributed by atoms with van der Waals surface area (Å²) in [5.41, 5.74) is 7.31. The van der Waals surface area contributed by atoms with Crippen molar-refractivity contribution in [2.24, 2.45) is 11.7 Å². The average molecular weight is 266 g/mol. The SMILES string of the molecule is COCC1CCN(c2ccc([C@H](C)N)cc2F)CC1. The molecule has 0 aliphatic carbocycles. The van der Waals surface area contributed by atoms with E-state index in [0.717, 1.165) is 38.1 Å². The normalized spacial score (nSPS) is 18.6. The summed E-state index contributed by atoms with van der Waals surface area (Å²) in [6, 6.07) is 5.20. The van der Waals surface area contributed by atoms with E-state index in [1.807, 2.05) is 19.1 Å². The van der Waals surface area contributed by atoms with Crippen molar-refractivity contribution >= 4 is 5.69 Å². The van der Waals surface area contributed by atoms with E-state index < -0.39 is 0 Å². The fourth-order valence-electron chi connectivity index (χ4n) is 2.64. The minimum atomic E-state index is -0.167. The van der Waals surface area contributed by atoms with Crippen molar-refractivity contribution in [3.63, 3.8) is 0 Å². The van der Waals surface area contributed by atoms with Crippen LogP contribution in [0.3, 0.4) is 0 Å². The highest BCUT2D eigenvalue weighted by molar-refractivity contribution is 5.49. The minimum Gasteiger partial charge on any atom is -0.384 e. The molecule has 0 spiro atoms. The molecule has 1 saturated heterocycles. The Morgan fingerprint density at radius 1 is 1.42 bits per heavy atom. The van der Waals surface area contributed by atoms with Gasteiger partial charge in [0.15, 0.2) is 0 Å². The van der Waals surface area contributed by atoms with Gasteiger partial charge < -0.3 is 15.4 Å². The molecule has 0 bridgehead atoms. The molecule has 1 aliphatic heterocycles. The van der Waals surface area contributed by atoms with E-state index in [-0.39, 0.29) is 11.9 Å². The lowest BCUT2D eigenvalue weighted by Crippen LogP contribution is -2.35. The van der Waals surface area contributed by atoms with E-state index in [9.17, 15) is 4.39 Å². The smallest absolute Gasteiger partial charge is 0.146 e. The summed E-state index contributed by atoms with van der Waals surface area (Å²) in [5.74, 6) is 0.438. The van der Waals surface area contributed by atoms with Gasteiger partial charge in [0.1, 0.15) is 5.82 Å². The lowest BCUT2D eigenvalue weighted by Gasteiger charge is -2.33. The average Bonchev–Trinajstić information content (AvgIpc) is 2.40. The van der Waals surface area contributed by atoms with Gasteiger partial charge in [-0.15, -0.1) is 0 Å². The molecule has 0 radical (unpaired) electrons. The number of nitrogens with two attached hydrogens (primary N) is 1. The Bertz CT molecular complexity index is 415. The topological polar surface area (TPSA) is 38.5 Å². The Balaban J connectivity index is 2.03. The van der Waals surface area contributed by atoms with Crippen LogP contribution in [0.4, 0.5) is 10.1 Å². The van der Waals surface area contributed by atoms with E-state index in [1.165, 1.54) is 0 Å². The van der Waals surface area contributed by atoms with Crippen LogP contribution in [0.5, 0.6) is 0 Å². The number of nitrogens with zero attached hydrogens (tertiary/aromatic N) is 1. The molecule has 2 N–H and O–H groups in total. The zero-order valence-corrected chi connectivity index (χ0v) is 11.7. The van der Waals surface area contributed by atoms with E-state index in [0.29, 0.717) is 11.6 Å². The van der Waals surface area contributed by atoms with Crippen LogP contribution in [0.15, 0.2) is 18.2 Å². The molecule has 106 valence electrons. The number of hydrogen-bond donors (Lipinski definition) is 1. The van der Waals surface area contributed by atoms with Crippen molar-refractivity contribution in [1.82, 2.24) is 0 Å². The van der Waals surface area contributed by atoms with Crippen LogP contribution < -0.4 is 10.6 Å². The van der Waals surface area contributed by atoms with Crippen LogP contribution in [0.1, 0.15) is 31.4 Å². The van der Waals surface area contributed by atoms with Crippen molar-refractivity contribution in [3.05, 3.63) is 29.6 Å². The summed E-state index contributed by atoms with van der Waals surface area (Å²) in [6.07, 6.45) is 2.12. The number of benzene rings is 1. The second-order valence-corrected chi connectivity index (χ2v) is 5.39. The Morgan fingerprint density at radius 3 is 2.63 bits per heavy atom. The zero-order valence-electron chi connectivity index (χ0n) is 11.7. The maximum Gasteiger partial charge on any atom is 0.146 e. The summed E-state index contributed by atoms with van der Waals surface area (Å²) in [5, 5.41) is 0. The molecule has 1 aliphatic rings. The third-order valence-electron chi connectivity index (χ3n) is 3.86. The standard InChI is InChI=1S/C15H23FN2O/c1-11(17)13-3-4-15(14(16)9-13)18-7-5-12(6-8-18)10-19-2/h3-4,9,11-12H,5-8,10,17H2,1-2H3/t11-/m0/s1. The quantitative estimate of drug-likeness (QED) is 0.910. The van der Waals surface area contributed by atoms with Crippen molar-refractivity contribution < 1.29 is 9.13 Å². The summed E-state index contributed by atoms with van der Waals surface area (Å²) in [4.78, 5) is 2.12. The number of rotatable bonds is 4. The fraction of sp³-hybridized carbons (Fsp3) is 0.600. The fourth-order valence-corrected chi connectivity index (χ4v) is 2.64. The van der Waals surface area contributed by atoms with Gasteiger partial charge in [0.2, 0.25) is 0 Å². The van der Waals surface area contributed by atoms with Crippen molar-refractivity contribution in [3.8, 4) is 0 Å². The van der Waals surface area contributed by atoms with Gasteiger partial charge >= 0.3 is 0 Å². The second-order valence-electron chi connectivity index (χ2n) is 5.39. The molecular formula is C15H23FN2O. The molecule has 4 heteroatoms. The molecule has 0 unspecified atom stereocenters. The van der Waals surface area contributed by atoms with Gasteiger partial charge in [-0.25, -0.2) is 4.39 Å². The Hall–Kier alpha value is -1.13. The highest BCUT2D eigenvalue weighted by Crippen LogP contribution is 2.27. The number of ether oxygens (including phenoxy) is 1. The minimum absolute atomic E-state index is 0.129. The molecule has 2 rings (SSSR count). The number of methoxy groups -OCH3 is 1. The summed E-state index contributed by atoms with van der Waals surface area (Å²) in [6.45, 7) is 4.45. The van der Waals surface area contributed by atoms with Crippen molar-refractivity contribution in [2.75, 3.05) is 31.7 Å². The number of halogens is 1. The Kier molecular flexibility index (Phi) is 4.77. The highest BCUT2D eigenvalue weighted by atomic mass is 19.1. The lowest BCUT2D eigenvalue weighted by molar-refractivity contribution is 0.139. The molecule has 0 saturated carbocycles. The first-order chi connectivity index (χ1) is 9.11. The van der Waals surface area contributed by atoms with Gasteiger partial charge in [-0.2, -0.15) is 0 Å². The summed E-state index contributed by atoms with van der Waals surface area (Å²) < 4.78 is 19.3. The zero-order chi connectivity index (χ0) is 13.8. The van der Waals surface area contributed by atoms with Gasteiger partial charge in [0.25, 0.3) is 0 Å². The predicted octanol–water partition coefficient (Wildman–Crippen LogP) is 2.71. The van der Waals surface area contributed by atoms with Gasteiger partial charge in [-0.05, 0) is 43.4 Å². The maximum atomic E-state index is 14.1. The first-order valence-electron chi connectivity index (χ1n) is 6.90. The van der Waals surface area contributed by atoms with Crippen LogP contribution in [0.2, 0.25) is 0 Å². The predicted molar refractivity (Wildman–Crippen MR) is 75.8 cm³/mol. The van der Waals surface area contributed by atoms with Crippen LogP contribution in [0, 0.1) is 11.7 Å². The van der Waals surface area contributed by atoms with Crippen molar-refractivity contribution in [1.29, 1.82) is 0 Å². The third kappa shape index (κ3) is 3.45. The van der Waals surface area contributed by atoms with E-state index >= 15 is 0 Å². The highest BCUT2D eigenvalue weighted by Gasteiger charge is 2.21. The molecule has 1 heterocycles. The first kappa shape index (κ1) is 14.3. The third-order valence-corrected chi connectivity index (χ3v) is 3.86. The molecule has 0 amide bonds. The molecule has 1 atom stereocenters. The molecule has 1 aromatic carbocycles. The number of hydrogen-bond acceptors (Lipinski definition) is 3. The van der Waals surface area contributed by atoms with Gasteiger partial charge in [0, 0.05) is 32.8 Å². The van der Waals surface area contributed by atoms with Gasteiger partial charge in [-0.3, -0.25) is 0 Å². The van der Waals surface area contributed by atoms with E-state index in [2.05, 4.69) is 4.90 Å². The monoisotopic (exact) mass is 266 g/mol. The Labute approximate surface area is 114 Å². The Morgan fingerprint density at radius 2 is 2.11 bits per heavy atom. The second kappa shape index (κ2) is 6.35. The molecule has 3 nitrogen and oxygen atoms in total. The van der Waals surface area contributed by atoms with Crippen LogP contribution in [-0.4, -0.2) is 26.8 Å². The van der Waals surface area contributed by atoms with Gasteiger partial charge in [-0.1, -0.05) is 6.07 Å². The largest absolute Gasteiger partial charge is 0.384 e. The lowest BCUT2D eigenvalue weighted by atomic mass is 9.97. The number of piperidine rings is 1. The summed E-state index contributed by atoms with van der Waals surface area (Å²) in [7, 11) is 1.73. The molecule has 1 aromatic rings. The maximum absolute atomic E-state index is 14.1. The van der Waals surface area contributed by atoms with Gasteiger partial charge in [0.05, 0.1) is 5.69 Å². The van der Waals surface area contributed by atoms with E-state index in [1.54, 1.807) is 13.2 Å². The van der Waals surface area contributed by atoms with Crippen molar-refractivity contribution in [2.45, 2.75) is 25.8 Å².